The van der Waals surface area contributed by atoms with Gasteiger partial charge in [0.25, 0.3) is 0 Å². The van der Waals surface area contributed by atoms with Crippen LogP contribution in [-0.2, 0) is 27.2 Å². The minimum Gasteiger partial charge on any atom is -0.491 e. The van der Waals surface area contributed by atoms with E-state index in [9.17, 15) is 29.4 Å². The Balaban J connectivity index is 0.562. The zero-order valence-electron chi connectivity index (χ0n) is 54.3. The number of thiazole rings is 3. The average molecular weight is 1320 g/mol. The third kappa shape index (κ3) is 18.1. The van der Waals surface area contributed by atoms with Gasteiger partial charge in [-0.05, 0) is 113 Å². The molecule has 7 aromatic rings. The number of carbonyl (C=O) groups is 4. The summed E-state index contributed by atoms with van der Waals surface area (Å²) in [5.41, 5.74) is 7.65. The van der Waals surface area contributed by atoms with Gasteiger partial charge in [0.15, 0.2) is 39.2 Å². The number of para-hydroxylation sites is 1. The number of unbranched alkanes of at least 4 members (excludes halogenated alkanes) is 8. The molecule has 23 heteroatoms. The van der Waals surface area contributed by atoms with E-state index in [1.54, 1.807) is 34.8 Å². The van der Waals surface area contributed by atoms with Crippen LogP contribution in [0.1, 0.15) is 161 Å². The molecule has 5 N–H and O–H groups in total. The van der Waals surface area contributed by atoms with Gasteiger partial charge in [0, 0.05) is 73.7 Å². The maximum atomic E-state index is 15.3. The number of piperazine rings is 1. The second-order valence-corrected chi connectivity index (χ2v) is 28.7. The molecule has 3 amide bonds. The molecule has 1 unspecified atom stereocenters. The van der Waals surface area contributed by atoms with Crippen LogP contribution in [0.4, 0.5) is 26.3 Å². The Bertz CT molecular complexity index is 3740. The number of aliphatic hydroxyl groups is 1. The van der Waals surface area contributed by atoms with Crippen molar-refractivity contribution < 1.29 is 38.5 Å². The molecule has 0 aliphatic carbocycles. The third-order valence-electron chi connectivity index (χ3n) is 17.7. The highest BCUT2D eigenvalue weighted by Gasteiger charge is 2.45. The SMILES string of the molecule is Cc1ncsc1-c1ccc([C@H](C)NC(=O)C2C[C@@H](O)CN2C(=O)[C@@H](NC(=O)CCCCCCCCCCCN2CCN(CC#Cc3ccc(OCCCc4sc(N5CCCc6c5nnc(Nc5nc7ccccc7s5)c6C)nc4C(=O)O)c(F)c3)CC2)C(C)(C)C)cc1. The van der Waals surface area contributed by atoms with Crippen LogP contribution < -0.4 is 25.6 Å². The topological polar surface area (TPSA) is 231 Å². The first-order valence-corrected chi connectivity index (χ1v) is 35.3. The normalized spacial score (nSPS) is 16.8. The first-order valence-electron chi connectivity index (χ1n) is 32.8. The molecule has 2 saturated heterocycles. The van der Waals surface area contributed by atoms with Crippen molar-refractivity contribution >= 4 is 89.8 Å². The van der Waals surface area contributed by atoms with Crippen molar-refractivity contribution in [3.63, 3.8) is 0 Å². The van der Waals surface area contributed by atoms with Gasteiger partial charge in [0.2, 0.25) is 17.7 Å². The van der Waals surface area contributed by atoms with Crippen LogP contribution in [0.2, 0.25) is 0 Å². The van der Waals surface area contributed by atoms with E-state index in [-0.39, 0.29) is 54.8 Å². The van der Waals surface area contributed by atoms with Crippen molar-refractivity contribution in [3.05, 3.63) is 117 Å². The number of amides is 3. The maximum Gasteiger partial charge on any atom is 0.355 e. The molecular formula is C70H87FN12O7S3. The first-order chi connectivity index (χ1) is 44.9. The van der Waals surface area contributed by atoms with E-state index in [0.29, 0.717) is 59.6 Å². The number of aromatic carboxylic acids is 1. The molecule has 4 atom stereocenters. The lowest BCUT2D eigenvalue weighted by Gasteiger charge is -2.35. The standard InChI is InChI=1S/C70H87FN12O7S3/c1-45-52-22-19-35-82(64(52)79-78-63(45)77-68-74-54-23-15-16-24-57(54)92-68)69-76-60(67(88)89)58(93-69)25-20-40-90-56-32-27-48(41-53(56)71)21-18-34-81-38-36-80(37-39-81)33-17-13-11-9-7-8-10-12-14-26-59(85)75-62(70(4,5)6)66(87)83-43-51(84)42-55(83)65(86)73-46(2)49-28-30-50(31-29-49)61-47(3)72-44-91-61/h15-16,23-24,27-32,41,44,46,51,55,62,84H,7-14,17,19-20,22,25-26,33-40,42-43H2,1-6H3,(H,73,86)(H,75,85)(H,88,89)(H,74,77,78)/t46-,51+,55?,62+/m0/s1. The second-order valence-electron chi connectivity index (χ2n) is 25.7. The van der Waals surface area contributed by atoms with Crippen molar-refractivity contribution in [1.82, 2.24) is 50.5 Å². The quantitative estimate of drug-likeness (QED) is 0.0227. The summed E-state index contributed by atoms with van der Waals surface area (Å²) in [4.78, 5) is 77.1. The number of carboxylic acid groups (broad SMARTS) is 1. The fourth-order valence-corrected chi connectivity index (χ4v) is 15.1. The molecule has 10 rings (SSSR count). The number of aryl methyl sites for hydroxylation is 2. The number of carbonyl (C=O) groups excluding carboxylic acids is 3. The van der Waals surface area contributed by atoms with Gasteiger partial charge < -0.3 is 45.6 Å². The van der Waals surface area contributed by atoms with Crippen LogP contribution >= 0.6 is 34.0 Å². The molecule has 4 aromatic heterocycles. The number of carboxylic acids is 1. The van der Waals surface area contributed by atoms with Gasteiger partial charge in [0.1, 0.15) is 12.1 Å². The van der Waals surface area contributed by atoms with E-state index in [4.69, 9.17) is 4.74 Å². The summed E-state index contributed by atoms with van der Waals surface area (Å²) in [5, 5.41) is 40.7. The van der Waals surface area contributed by atoms with Gasteiger partial charge in [-0.1, -0.05) is 125 Å². The van der Waals surface area contributed by atoms with Crippen molar-refractivity contribution in [3.8, 4) is 28.0 Å². The van der Waals surface area contributed by atoms with Crippen LogP contribution in [0.3, 0.4) is 0 Å². The number of aliphatic hydroxyl groups excluding tert-OH is 1. The van der Waals surface area contributed by atoms with Gasteiger partial charge in [0.05, 0.1) is 51.6 Å². The predicted molar refractivity (Wildman–Crippen MR) is 367 cm³/mol. The minimum absolute atomic E-state index is 0.00137. The number of nitrogens with one attached hydrogen (secondary N) is 3. The molecule has 3 aliphatic heterocycles. The molecule has 0 spiro atoms. The average Bonchev–Trinajstić information content (AvgIpc) is 1.78. The Hall–Kier alpha value is -7.46. The number of hydrogen-bond acceptors (Lipinski definition) is 18. The predicted octanol–water partition coefficient (Wildman–Crippen LogP) is 12.2. The Morgan fingerprint density at radius 1 is 0.849 bits per heavy atom. The van der Waals surface area contributed by atoms with Crippen molar-refractivity contribution in [1.29, 1.82) is 0 Å². The number of benzene rings is 3. The highest BCUT2D eigenvalue weighted by atomic mass is 32.1. The molecule has 93 heavy (non-hydrogen) atoms. The van der Waals surface area contributed by atoms with E-state index in [1.165, 1.54) is 54.4 Å². The highest BCUT2D eigenvalue weighted by molar-refractivity contribution is 7.22. The van der Waals surface area contributed by atoms with Gasteiger partial charge in [-0.15, -0.1) is 32.9 Å². The Labute approximate surface area is 557 Å². The number of β-amino-alcohol motifs (C(OH)–C–C–N with tert-alkyl or cyclic N) is 1. The zero-order chi connectivity index (χ0) is 65.6. The summed E-state index contributed by atoms with van der Waals surface area (Å²) in [5.74, 6) is 5.33. The first kappa shape index (κ1) is 68.4. The molecule has 0 bridgehead atoms. The number of halogens is 1. The lowest BCUT2D eigenvalue weighted by atomic mass is 9.85. The molecule has 3 aromatic carbocycles. The maximum absolute atomic E-state index is 15.3. The van der Waals surface area contributed by atoms with Gasteiger partial charge in [-0.3, -0.25) is 19.3 Å². The molecule has 19 nitrogen and oxygen atoms in total. The second kappa shape index (κ2) is 32.1. The largest absolute Gasteiger partial charge is 0.491 e. The van der Waals surface area contributed by atoms with Crippen LogP contribution in [0.25, 0.3) is 20.7 Å². The van der Waals surface area contributed by atoms with Gasteiger partial charge >= 0.3 is 5.97 Å². The van der Waals surface area contributed by atoms with Crippen LogP contribution in [-0.4, -0.2) is 151 Å². The molecule has 0 saturated carbocycles. The van der Waals surface area contributed by atoms with Crippen molar-refractivity contribution in [2.24, 2.45) is 5.41 Å². The summed E-state index contributed by atoms with van der Waals surface area (Å²) in [6.07, 6.45) is 11.9. The molecule has 7 heterocycles. The molecule has 0 radical (unpaired) electrons. The zero-order valence-corrected chi connectivity index (χ0v) is 56.7. The summed E-state index contributed by atoms with van der Waals surface area (Å²) in [6.45, 7) is 18.0. The van der Waals surface area contributed by atoms with E-state index in [1.807, 2.05) is 100 Å². The summed E-state index contributed by atoms with van der Waals surface area (Å²) in [6, 6.07) is 18.7. The summed E-state index contributed by atoms with van der Waals surface area (Å²) >= 11 is 4.46. The number of anilines is 4. The summed E-state index contributed by atoms with van der Waals surface area (Å²) in [7, 11) is 0. The molecular weight excluding hydrogens is 1240 g/mol. The van der Waals surface area contributed by atoms with Gasteiger partial charge in [-0.2, -0.15) is 0 Å². The number of ether oxygens (including phenoxy) is 1. The molecule has 494 valence electrons. The Morgan fingerprint density at radius 2 is 1.58 bits per heavy atom. The van der Waals surface area contributed by atoms with E-state index in [0.717, 1.165) is 119 Å². The summed E-state index contributed by atoms with van der Waals surface area (Å²) < 4.78 is 22.2. The molecule has 2 fully saturated rings. The lowest BCUT2D eigenvalue weighted by Crippen LogP contribution is -2.57. The Morgan fingerprint density at radius 3 is 2.29 bits per heavy atom. The number of rotatable bonds is 28. The number of hydrogen-bond donors (Lipinski definition) is 5. The lowest BCUT2D eigenvalue weighted by molar-refractivity contribution is -0.144. The van der Waals surface area contributed by atoms with Crippen molar-refractivity contribution in [2.75, 3.05) is 69.2 Å². The van der Waals surface area contributed by atoms with Gasteiger partial charge in [-0.25, -0.2) is 24.1 Å². The van der Waals surface area contributed by atoms with Crippen LogP contribution in [0.5, 0.6) is 5.75 Å². The number of nitrogens with zero attached hydrogens (tertiary/aromatic N) is 9. The smallest absolute Gasteiger partial charge is 0.355 e. The number of aromatic nitrogens is 5. The third-order valence-corrected chi connectivity index (χ3v) is 20.8. The van der Waals surface area contributed by atoms with E-state index in [2.05, 4.69) is 62.7 Å². The molecule has 3 aliphatic rings. The number of fused-ring (bicyclic) bond motifs is 2. The Kier molecular flexibility index (Phi) is 23.6. The number of likely N-dealkylation sites (tertiary alicyclic amines) is 1. The highest BCUT2D eigenvalue weighted by Crippen LogP contribution is 2.40. The van der Waals surface area contributed by atoms with Crippen LogP contribution in [0.15, 0.2) is 72.2 Å². The van der Waals surface area contributed by atoms with Crippen molar-refractivity contribution in [2.45, 2.75) is 162 Å². The van der Waals surface area contributed by atoms with Crippen LogP contribution in [0, 0.1) is 36.9 Å². The monoisotopic (exact) mass is 1320 g/mol. The van der Waals surface area contributed by atoms with E-state index < -0.39 is 35.4 Å². The van der Waals surface area contributed by atoms with E-state index >= 15 is 4.39 Å². The fraction of sp³-hybridized carbons (Fsp3) is 0.500. The minimum atomic E-state index is -1.11. The fourth-order valence-electron chi connectivity index (χ4n) is 12.3.